The Morgan fingerprint density at radius 3 is 2.65 bits per heavy atom. The highest BCUT2D eigenvalue weighted by Crippen LogP contribution is 2.25. The van der Waals surface area contributed by atoms with Gasteiger partial charge in [0.15, 0.2) is 0 Å². The van der Waals surface area contributed by atoms with Gasteiger partial charge in [-0.3, -0.25) is 4.79 Å². The van der Waals surface area contributed by atoms with Crippen LogP contribution in [0.15, 0.2) is 34.8 Å². The molecule has 0 heterocycles. The molecule has 0 radical (unpaired) electrons. The van der Waals surface area contributed by atoms with Crippen molar-refractivity contribution in [3.63, 3.8) is 0 Å². The molecule has 2 rings (SSSR count). The van der Waals surface area contributed by atoms with E-state index in [1.54, 1.807) is 12.1 Å². The molecule has 2 aromatic rings. The fourth-order valence-electron chi connectivity index (χ4n) is 1.79. The van der Waals surface area contributed by atoms with Crippen molar-refractivity contribution in [3.05, 3.63) is 60.9 Å². The average Bonchev–Trinajstić information content (AvgIpc) is 2.39. The van der Waals surface area contributed by atoms with Crippen LogP contribution in [0.5, 0.6) is 0 Å². The van der Waals surface area contributed by atoms with E-state index in [1.807, 2.05) is 26.0 Å². The van der Waals surface area contributed by atoms with Gasteiger partial charge < -0.3 is 5.32 Å². The predicted molar refractivity (Wildman–Crippen MR) is 90.7 cm³/mol. The summed E-state index contributed by atoms with van der Waals surface area (Å²) < 4.78 is 14.8. The third-order valence-electron chi connectivity index (χ3n) is 2.95. The summed E-state index contributed by atoms with van der Waals surface area (Å²) in [6.07, 6.45) is 0. The Labute approximate surface area is 139 Å². The minimum atomic E-state index is -0.398. The summed E-state index contributed by atoms with van der Waals surface area (Å²) >= 11 is 5.26. The Hall–Kier alpha value is -0.950. The van der Waals surface area contributed by atoms with Gasteiger partial charge in [0.2, 0.25) is 0 Å². The molecule has 0 fully saturated rings. The maximum atomic E-state index is 13.6. The molecule has 104 valence electrons. The van der Waals surface area contributed by atoms with Crippen molar-refractivity contribution >= 4 is 50.1 Å². The second-order valence-corrected chi connectivity index (χ2v) is 6.40. The highest BCUT2D eigenvalue weighted by Gasteiger charge is 2.13. The topological polar surface area (TPSA) is 29.1 Å². The van der Waals surface area contributed by atoms with Crippen LogP contribution in [-0.4, -0.2) is 5.91 Å². The van der Waals surface area contributed by atoms with Crippen molar-refractivity contribution in [3.8, 4) is 0 Å². The molecule has 0 aromatic heterocycles. The van der Waals surface area contributed by atoms with E-state index in [0.29, 0.717) is 15.7 Å². The smallest absolute Gasteiger partial charge is 0.256 e. The van der Waals surface area contributed by atoms with Crippen molar-refractivity contribution in [2.75, 3.05) is 5.32 Å². The van der Waals surface area contributed by atoms with Crippen LogP contribution in [-0.2, 0) is 0 Å². The Morgan fingerprint density at radius 1 is 1.25 bits per heavy atom. The molecule has 5 heteroatoms. The minimum Gasteiger partial charge on any atom is -0.322 e. The van der Waals surface area contributed by atoms with E-state index in [4.69, 9.17) is 0 Å². The van der Waals surface area contributed by atoms with Gasteiger partial charge >= 0.3 is 0 Å². The standard InChI is InChI=1S/C15H12BrFINO/c1-8-4-3-5-10(14(8)18)15(20)19-13-7-12(17)11(16)6-9(13)2/h3-7H,1-2H3,(H,19,20). The molecule has 0 saturated carbocycles. The zero-order valence-electron chi connectivity index (χ0n) is 10.9. The van der Waals surface area contributed by atoms with Crippen LogP contribution in [0.25, 0.3) is 0 Å². The van der Waals surface area contributed by atoms with Crippen molar-refractivity contribution in [2.24, 2.45) is 0 Å². The van der Waals surface area contributed by atoms with E-state index in [0.717, 1.165) is 14.7 Å². The number of anilines is 1. The van der Waals surface area contributed by atoms with Crippen molar-refractivity contribution in [2.45, 2.75) is 13.8 Å². The predicted octanol–water partition coefficient (Wildman–Crippen LogP) is 5.06. The molecule has 1 amide bonds. The maximum Gasteiger partial charge on any atom is 0.256 e. The summed E-state index contributed by atoms with van der Waals surface area (Å²) in [6.45, 7) is 3.77. The van der Waals surface area contributed by atoms with Gasteiger partial charge in [0.05, 0.1) is 10.0 Å². The molecule has 2 nitrogen and oxygen atoms in total. The first kappa shape index (κ1) is 15.4. The first-order valence-corrected chi connectivity index (χ1v) is 7.79. The molecule has 0 aliphatic carbocycles. The number of carbonyl (C=O) groups is 1. The average molecular weight is 448 g/mol. The SMILES string of the molecule is Cc1cc(Br)c(F)cc1NC(=O)c1cccc(C)c1I. The second kappa shape index (κ2) is 6.22. The molecule has 1 N–H and O–H groups in total. The molecular formula is C15H12BrFINO. The van der Waals surface area contributed by atoms with Crippen LogP contribution in [0.4, 0.5) is 10.1 Å². The van der Waals surface area contributed by atoms with Crippen LogP contribution in [0.1, 0.15) is 21.5 Å². The Morgan fingerprint density at radius 2 is 1.95 bits per heavy atom. The summed E-state index contributed by atoms with van der Waals surface area (Å²) in [4.78, 5) is 12.3. The number of benzene rings is 2. The molecular weight excluding hydrogens is 436 g/mol. The lowest BCUT2D eigenvalue weighted by atomic mass is 10.1. The molecule has 0 spiro atoms. The molecule has 2 aromatic carbocycles. The molecule has 0 atom stereocenters. The normalized spacial score (nSPS) is 10.4. The number of halogens is 3. The van der Waals surface area contributed by atoms with Crippen LogP contribution in [0.3, 0.4) is 0 Å². The number of aryl methyl sites for hydroxylation is 2. The lowest BCUT2D eigenvalue weighted by Gasteiger charge is -2.11. The Balaban J connectivity index is 2.33. The number of hydrogen-bond donors (Lipinski definition) is 1. The highest BCUT2D eigenvalue weighted by molar-refractivity contribution is 14.1. The van der Waals surface area contributed by atoms with E-state index in [-0.39, 0.29) is 5.91 Å². The van der Waals surface area contributed by atoms with Gasteiger partial charge in [0.25, 0.3) is 5.91 Å². The van der Waals surface area contributed by atoms with Gasteiger partial charge in [-0.2, -0.15) is 0 Å². The van der Waals surface area contributed by atoms with Gasteiger partial charge in [-0.15, -0.1) is 0 Å². The second-order valence-electron chi connectivity index (χ2n) is 4.47. The van der Waals surface area contributed by atoms with Gasteiger partial charge in [0.1, 0.15) is 5.82 Å². The summed E-state index contributed by atoms with van der Waals surface area (Å²) in [5, 5.41) is 2.76. The van der Waals surface area contributed by atoms with E-state index < -0.39 is 5.82 Å². The Kier molecular flexibility index (Phi) is 4.80. The number of amides is 1. The van der Waals surface area contributed by atoms with Crippen molar-refractivity contribution in [1.82, 2.24) is 0 Å². The first-order valence-electron chi connectivity index (χ1n) is 5.92. The fourth-order valence-corrected chi connectivity index (χ4v) is 2.86. The van der Waals surface area contributed by atoms with Gasteiger partial charge in [-0.25, -0.2) is 4.39 Å². The quantitative estimate of drug-likeness (QED) is 0.640. The van der Waals surface area contributed by atoms with Crippen LogP contribution in [0.2, 0.25) is 0 Å². The molecule has 20 heavy (non-hydrogen) atoms. The van der Waals surface area contributed by atoms with E-state index >= 15 is 0 Å². The van der Waals surface area contributed by atoms with Crippen molar-refractivity contribution in [1.29, 1.82) is 0 Å². The molecule has 0 aliphatic rings. The first-order chi connectivity index (χ1) is 9.40. The van der Waals surface area contributed by atoms with E-state index in [1.165, 1.54) is 6.07 Å². The zero-order valence-corrected chi connectivity index (χ0v) is 14.7. The van der Waals surface area contributed by atoms with Crippen LogP contribution >= 0.6 is 38.5 Å². The van der Waals surface area contributed by atoms with Crippen LogP contribution in [0, 0.1) is 23.2 Å². The molecule has 0 bridgehead atoms. The summed E-state index contributed by atoms with van der Waals surface area (Å²) in [6, 6.07) is 8.51. The number of nitrogens with one attached hydrogen (secondary N) is 1. The van der Waals surface area contributed by atoms with E-state index in [2.05, 4.69) is 43.8 Å². The summed E-state index contributed by atoms with van der Waals surface area (Å²) in [7, 11) is 0. The highest BCUT2D eigenvalue weighted by atomic mass is 127. The summed E-state index contributed by atoms with van der Waals surface area (Å²) in [5.74, 6) is -0.632. The molecule has 0 aliphatic heterocycles. The monoisotopic (exact) mass is 447 g/mol. The van der Waals surface area contributed by atoms with E-state index in [9.17, 15) is 9.18 Å². The fraction of sp³-hybridized carbons (Fsp3) is 0.133. The van der Waals surface area contributed by atoms with Crippen LogP contribution < -0.4 is 5.32 Å². The summed E-state index contributed by atoms with van der Waals surface area (Å²) in [5.41, 5.74) is 2.91. The maximum absolute atomic E-state index is 13.6. The van der Waals surface area contributed by atoms with Crippen molar-refractivity contribution < 1.29 is 9.18 Å². The third-order valence-corrected chi connectivity index (χ3v) is 4.99. The lowest BCUT2D eigenvalue weighted by molar-refractivity contribution is 0.102. The number of rotatable bonds is 2. The third kappa shape index (κ3) is 3.20. The lowest BCUT2D eigenvalue weighted by Crippen LogP contribution is -2.15. The van der Waals surface area contributed by atoms with Gasteiger partial charge in [-0.05, 0) is 81.7 Å². The number of carbonyl (C=O) groups excluding carboxylic acids is 1. The Bertz CT molecular complexity index is 688. The minimum absolute atomic E-state index is 0.233. The van der Waals surface area contributed by atoms with Gasteiger partial charge in [-0.1, -0.05) is 12.1 Å². The zero-order chi connectivity index (χ0) is 14.9. The number of hydrogen-bond acceptors (Lipinski definition) is 1. The van der Waals surface area contributed by atoms with Gasteiger partial charge in [0, 0.05) is 9.26 Å². The molecule has 0 saturated heterocycles. The largest absolute Gasteiger partial charge is 0.322 e. The molecule has 0 unspecified atom stereocenters.